The lowest BCUT2D eigenvalue weighted by Crippen LogP contribution is -2.43. The van der Waals surface area contributed by atoms with Gasteiger partial charge in [-0.15, -0.1) is 0 Å². The maximum atomic E-state index is 12.1. The Bertz CT molecular complexity index is 742. The van der Waals surface area contributed by atoms with Gasteiger partial charge in [-0.25, -0.2) is 0 Å². The molecule has 1 aromatic carbocycles. The number of furan rings is 1. The summed E-state index contributed by atoms with van der Waals surface area (Å²) >= 11 is 6.18. The second-order valence-corrected chi connectivity index (χ2v) is 6.01. The van der Waals surface area contributed by atoms with Crippen LogP contribution in [0.1, 0.15) is 17.0 Å². The standard InChI is InChI=1S/C17H18ClN3O4/c18-13-8-11(20-16(22)9-12-10-24-7-5-19-12)3-4-14(13)21-17(23)15-2-1-6-25-15/h1-4,6,8,12,19H,5,7,9-10H2,(H,20,22)(H,21,23). The first kappa shape index (κ1) is 17.5. The van der Waals surface area contributed by atoms with Gasteiger partial charge in [0.25, 0.3) is 5.91 Å². The van der Waals surface area contributed by atoms with Crippen molar-refractivity contribution in [3.8, 4) is 0 Å². The van der Waals surface area contributed by atoms with Gasteiger partial charge in [0.05, 0.1) is 30.2 Å². The molecule has 2 amide bonds. The first-order valence-corrected chi connectivity index (χ1v) is 8.25. The molecule has 1 saturated heterocycles. The minimum atomic E-state index is -0.396. The minimum Gasteiger partial charge on any atom is -0.459 e. The molecule has 1 unspecified atom stereocenters. The first-order chi connectivity index (χ1) is 12.1. The third-order valence-corrected chi connectivity index (χ3v) is 3.99. The summed E-state index contributed by atoms with van der Waals surface area (Å²) in [6.45, 7) is 1.93. The SMILES string of the molecule is O=C(CC1COCCN1)Nc1ccc(NC(=O)c2ccco2)c(Cl)c1. The van der Waals surface area contributed by atoms with Crippen LogP contribution in [0.3, 0.4) is 0 Å². The smallest absolute Gasteiger partial charge is 0.291 e. The Morgan fingerprint density at radius 3 is 2.84 bits per heavy atom. The van der Waals surface area contributed by atoms with Crippen molar-refractivity contribution in [3.63, 3.8) is 0 Å². The van der Waals surface area contributed by atoms with Crippen molar-refractivity contribution in [2.24, 2.45) is 0 Å². The number of benzene rings is 1. The zero-order valence-corrected chi connectivity index (χ0v) is 14.1. The fourth-order valence-corrected chi connectivity index (χ4v) is 2.70. The van der Waals surface area contributed by atoms with Gasteiger partial charge in [0.15, 0.2) is 5.76 Å². The van der Waals surface area contributed by atoms with Crippen molar-refractivity contribution in [2.75, 3.05) is 30.4 Å². The number of ether oxygens (including phenoxy) is 1. The molecule has 1 aromatic heterocycles. The normalized spacial score (nSPS) is 17.1. The number of hydrogen-bond donors (Lipinski definition) is 3. The van der Waals surface area contributed by atoms with Crippen LogP contribution < -0.4 is 16.0 Å². The molecule has 1 aliphatic rings. The summed E-state index contributed by atoms with van der Waals surface area (Å²) in [7, 11) is 0. The van der Waals surface area contributed by atoms with Gasteiger partial charge in [0, 0.05) is 24.7 Å². The number of nitrogens with one attached hydrogen (secondary N) is 3. The van der Waals surface area contributed by atoms with Gasteiger partial charge in [-0.2, -0.15) is 0 Å². The highest BCUT2D eigenvalue weighted by Crippen LogP contribution is 2.26. The maximum absolute atomic E-state index is 12.1. The Labute approximate surface area is 149 Å². The Hall–Kier alpha value is -2.35. The fraction of sp³-hybridized carbons (Fsp3) is 0.294. The summed E-state index contributed by atoms with van der Waals surface area (Å²) in [5.41, 5.74) is 0.992. The summed E-state index contributed by atoms with van der Waals surface area (Å²) in [4.78, 5) is 24.0. The van der Waals surface area contributed by atoms with Crippen molar-refractivity contribution in [1.82, 2.24) is 5.32 Å². The summed E-state index contributed by atoms with van der Waals surface area (Å²) in [6.07, 6.45) is 1.73. The molecule has 0 saturated carbocycles. The summed E-state index contributed by atoms with van der Waals surface area (Å²) in [5.74, 6) is -0.339. The van der Waals surface area contributed by atoms with E-state index in [2.05, 4.69) is 16.0 Å². The van der Waals surface area contributed by atoms with E-state index in [1.165, 1.54) is 6.26 Å². The monoisotopic (exact) mass is 363 g/mol. The Balaban J connectivity index is 1.57. The van der Waals surface area contributed by atoms with Gasteiger partial charge in [-0.05, 0) is 30.3 Å². The van der Waals surface area contributed by atoms with E-state index >= 15 is 0 Å². The summed E-state index contributed by atoms with van der Waals surface area (Å²) < 4.78 is 10.4. The second kappa shape index (κ2) is 8.15. The maximum Gasteiger partial charge on any atom is 0.291 e. The van der Waals surface area contributed by atoms with Crippen molar-refractivity contribution in [2.45, 2.75) is 12.5 Å². The van der Waals surface area contributed by atoms with Gasteiger partial charge < -0.3 is 25.1 Å². The Morgan fingerprint density at radius 2 is 2.16 bits per heavy atom. The molecule has 1 atom stereocenters. The van der Waals surface area contributed by atoms with Crippen molar-refractivity contribution >= 4 is 34.8 Å². The van der Waals surface area contributed by atoms with Gasteiger partial charge in [-0.1, -0.05) is 11.6 Å². The van der Waals surface area contributed by atoms with Crippen molar-refractivity contribution in [3.05, 3.63) is 47.4 Å². The molecule has 7 nitrogen and oxygen atoms in total. The number of carbonyl (C=O) groups excluding carboxylic acids is 2. The lowest BCUT2D eigenvalue weighted by atomic mass is 10.2. The van der Waals surface area contributed by atoms with E-state index in [1.807, 2.05) is 0 Å². The molecule has 1 fully saturated rings. The predicted molar refractivity (Wildman–Crippen MR) is 94.0 cm³/mol. The lowest BCUT2D eigenvalue weighted by molar-refractivity contribution is -0.117. The highest BCUT2D eigenvalue weighted by molar-refractivity contribution is 6.34. The van der Waals surface area contributed by atoms with Crippen LogP contribution >= 0.6 is 11.6 Å². The third-order valence-electron chi connectivity index (χ3n) is 3.68. The highest BCUT2D eigenvalue weighted by Gasteiger charge is 2.17. The predicted octanol–water partition coefficient (Wildman–Crippen LogP) is 2.50. The van der Waals surface area contributed by atoms with Gasteiger partial charge >= 0.3 is 0 Å². The Morgan fingerprint density at radius 1 is 1.28 bits per heavy atom. The van der Waals surface area contributed by atoms with E-state index in [1.54, 1.807) is 30.3 Å². The Kier molecular flexibility index (Phi) is 5.70. The molecule has 2 heterocycles. The van der Waals surface area contributed by atoms with Crippen LogP contribution in [0.15, 0.2) is 41.0 Å². The fourth-order valence-electron chi connectivity index (χ4n) is 2.47. The molecule has 0 spiro atoms. The molecule has 0 radical (unpaired) electrons. The van der Waals surface area contributed by atoms with E-state index in [-0.39, 0.29) is 17.7 Å². The van der Waals surface area contributed by atoms with Crippen LogP contribution in [0, 0.1) is 0 Å². The molecular formula is C17H18ClN3O4. The topological polar surface area (TPSA) is 92.6 Å². The van der Waals surface area contributed by atoms with Crippen LogP contribution in [-0.2, 0) is 9.53 Å². The van der Waals surface area contributed by atoms with Crippen molar-refractivity contribution < 1.29 is 18.7 Å². The summed E-state index contributed by atoms with van der Waals surface area (Å²) in [5, 5.41) is 8.98. The first-order valence-electron chi connectivity index (χ1n) is 7.87. The van der Waals surface area contributed by atoms with E-state index < -0.39 is 5.91 Å². The average Bonchev–Trinajstić information content (AvgIpc) is 3.13. The van der Waals surface area contributed by atoms with Gasteiger partial charge in [-0.3, -0.25) is 9.59 Å². The number of morpholine rings is 1. The highest BCUT2D eigenvalue weighted by atomic mass is 35.5. The number of carbonyl (C=O) groups is 2. The minimum absolute atomic E-state index is 0.0103. The molecule has 3 N–H and O–H groups in total. The second-order valence-electron chi connectivity index (χ2n) is 5.60. The van der Waals surface area contributed by atoms with E-state index in [0.717, 1.165) is 6.54 Å². The third kappa shape index (κ3) is 4.82. The molecule has 132 valence electrons. The number of anilines is 2. The van der Waals surface area contributed by atoms with Crippen LogP contribution in [-0.4, -0.2) is 37.6 Å². The molecule has 0 bridgehead atoms. The number of amides is 2. The van der Waals surface area contributed by atoms with Crippen molar-refractivity contribution in [1.29, 1.82) is 0 Å². The number of rotatable bonds is 5. The number of halogens is 1. The van der Waals surface area contributed by atoms with E-state index in [4.69, 9.17) is 20.8 Å². The molecule has 8 heteroatoms. The van der Waals surface area contributed by atoms with Gasteiger partial charge in [0.1, 0.15) is 0 Å². The molecule has 2 aromatic rings. The quantitative estimate of drug-likeness (QED) is 0.759. The van der Waals surface area contributed by atoms with Crippen LogP contribution in [0.4, 0.5) is 11.4 Å². The van der Waals surface area contributed by atoms with Crippen LogP contribution in [0.25, 0.3) is 0 Å². The van der Waals surface area contributed by atoms with Gasteiger partial charge in [0.2, 0.25) is 5.91 Å². The molecule has 25 heavy (non-hydrogen) atoms. The largest absolute Gasteiger partial charge is 0.459 e. The van der Waals surface area contributed by atoms with Crippen LogP contribution in [0.5, 0.6) is 0 Å². The molecule has 3 rings (SSSR count). The zero-order chi connectivity index (χ0) is 17.6. The lowest BCUT2D eigenvalue weighted by Gasteiger charge is -2.23. The molecule has 1 aliphatic heterocycles. The molecular weight excluding hydrogens is 346 g/mol. The number of hydrogen-bond acceptors (Lipinski definition) is 5. The van der Waals surface area contributed by atoms with Crippen LogP contribution in [0.2, 0.25) is 5.02 Å². The van der Waals surface area contributed by atoms with E-state index in [0.29, 0.717) is 36.0 Å². The average molecular weight is 364 g/mol. The molecule has 0 aliphatic carbocycles. The zero-order valence-electron chi connectivity index (χ0n) is 13.4. The van der Waals surface area contributed by atoms with E-state index in [9.17, 15) is 9.59 Å². The summed E-state index contributed by atoms with van der Waals surface area (Å²) in [6, 6.07) is 8.08.